The van der Waals surface area contributed by atoms with Gasteiger partial charge in [0, 0.05) is 12.1 Å². The molecule has 0 saturated carbocycles. The second-order valence-electron chi connectivity index (χ2n) is 5.42. The fraction of sp³-hybridized carbons (Fsp3) is 0.118. The quantitative estimate of drug-likeness (QED) is 0.491. The highest BCUT2D eigenvalue weighted by molar-refractivity contribution is 7.20. The molecule has 0 spiro atoms. The SMILES string of the molecule is Cc1cc(Cl)cc2sc(=NC(=O)c3nc4ccccc4s3)n(C)c12. The smallest absolute Gasteiger partial charge is 0.308 e. The predicted octanol–water partition coefficient (Wildman–Crippen LogP) is 4.55. The van der Waals surface area contributed by atoms with E-state index in [1.54, 1.807) is 0 Å². The van der Waals surface area contributed by atoms with Gasteiger partial charge in [-0.15, -0.1) is 11.3 Å². The standard InChI is InChI=1S/C17H12ClN3OS2/c1-9-7-10(18)8-13-14(9)21(2)17(24-13)20-15(22)16-19-11-5-3-4-6-12(11)23-16/h3-8H,1-2H3. The van der Waals surface area contributed by atoms with Gasteiger partial charge in [0.2, 0.25) is 0 Å². The van der Waals surface area contributed by atoms with Crippen LogP contribution < -0.4 is 4.80 Å². The Hall–Kier alpha value is -2.02. The monoisotopic (exact) mass is 373 g/mol. The van der Waals surface area contributed by atoms with Crippen LogP contribution in [0, 0.1) is 6.92 Å². The molecule has 1 amide bonds. The van der Waals surface area contributed by atoms with E-state index in [1.807, 2.05) is 54.9 Å². The Morgan fingerprint density at radius 3 is 2.79 bits per heavy atom. The van der Waals surface area contributed by atoms with Gasteiger partial charge in [-0.3, -0.25) is 4.79 Å². The number of fused-ring (bicyclic) bond motifs is 2. The number of aryl methyl sites for hydroxylation is 2. The van der Waals surface area contributed by atoms with Gasteiger partial charge >= 0.3 is 5.91 Å². The number of aromatic nitrogens is 2. The zero-order valence-corrected chi connectivity index (χ0v) is 15.3. The van der Waals surface area contributed by atoms with Crippen LogP contribution in [0.4, 0.5) is 0 Å². The topological polar surface area (TPSA) is 47.2 Å². The molecule has 4 rings (SSSR count). The third kappa shape index (κ3) is 2.56. The van der Waals surface area contributed by atoms with E-state index >= 15 is 0 Å². The Morgan fingerprint density at radius 1 is 1.21 bits per heavy atom. The molecule has 2 heterocycles. The van der Waals surface area contributed by atoms with Crippen molar-refractivity contribution in [2.24, 2.45) is 12.0 Å². The first-order chi connectivity index (χ1) is 11.5. The van der Waals surface area contributed by atoms with Crippen molar-refractivity contribution in [1.29, 1.82) is 0 Å². The zero-order valence-electron chi connectivity index (χ0n) is 12.9. The van der Waals surface area contributed by atoms with E-state index in [1.165, 1.54) is 22.7 Å². The summed E-state index contributed by atoms with van der Waals surface area (Å²) < 4.78 is 3.93. The molecule has 120 valence electrons. The molecular weight excluding hydrogens is 362 g/mol. The summed E-state index contributed by atoms with van der Waals surface area (Å²) in [6.07, 6.45) is 0. The van der Waals surface area contributed by atoms with Crippen LogP contribution in [0.25, 0.3) is 20.4 Å². The van der Waals surface area contributed by atoms with Crippen LogP contribution in [0.2, 0.25) is 5.02 Å². The number of hydrogen-bond donors (Lipinski definition) is 0. The molecule has 0 saturated heterocycles. The number of hydrogen-bond acceptors (Lipinski definition) is 4. The second kappa shape index (κ2) is 5.81. The van der Waals surface area contributed by atoms with Gasteiger partial charge in [0.25, 0.3) is 0 Å². The molecular formula is C17H12ClN3OS2. The molecule has 0 aliphatic rings. The van der Waals surface area contributed by atoms with Crippen molar-refractivity contribution in [2.75, 3.05) is 0 Å². The molecule has 0 fully saturated rings. The van der Waals surface area contributed by atoms with Crippen molar-refractivity contribution >= 4 is 60.6 Å². The Morgan fingerprint density at radius 2 is 2.00 bits per heavy atom. The van der Waals surface area contributed by atoms with Crippen LogP contribution in [0.3, 0.4) is 0 Å². The van der Waals surface area contributed by atoms with Crippen LogP contribution in [-0.2, 0) is 7.05 Å². The molecule has 0 aliphatic heterocycles. The number of rotatable bonds is 1. The highest BCUT2D eigenvalue weighted by Crippen LogP contribution is 2.25. The molecule has 4 aromatic rings. The van der Waals surface area contributed by atoms with Gasteiger partial charge in [-0.2, -0.15) is 4.99 Å². The number of halogens is 1. The van der Waals surface area contributed by atoms with E-state index in [9.17, 15) is 4.79 Å². The summed E-state index contributed by atoms with van der Waals surface area (Å²) >= 11 is 8.94. The molecule has 24 heavy (non-hydrogen) atoms. The minimum Gasteiger partial charge on any atom is -0.319 e. The average Bonchev–Trinajstić information content (AvgIpc) is 3.09. The van der Waals surface area contributed by atoms with Crippen molar-refractivity contribution in [1.82, 2.24) is 9.55 Å². The van der Waals surface area contributed by atoms with Gasteiger partial charge in [-0.1, -0.05) is 35.1 Å². The first kappa shape index (κ1) is 15.5. The van der Waals surface area contributed by atoms with E-state index in [-0.39, 0.29) is 5.91 Å². The number of carbonyl (C=O) groups is 1. The third-order valence-corrected chi connectivity index (χ3v) is 6.05. The van der Waals surface area contributed by atoms with Crippen molar-refractivity contribution in [3.05, 3.63) is 56.8 Å². The van der Waals surface area contributed by atoms with Gasteiger partial charge in [-0.05, 0) is 36.8 Å². The molecule has 2 aromatic carbocycles. The highest BCUT2D eigenvalue weighted by atomic mass is 35.5. The number of nitrogens with zero attached hydrogens (tertiary/aromatic N) is 3. The lowest BCUT2D eigenvalue weighted by atomic mass is 10.2. The molecule has 0 N–H and O–H groups in total. The van der Waals surface area contributed by atoms with E-state index in [0.717, 1.165) is 26.0 Å². The fourth-order valence-electron chi connectivity index (χ4n) is 2.67. The Bertz CT molecular complexity index is 1140. The number of para-hydroxylation sites is 1. The Balaban J connectivity index is 1.85. The lowest BCUT2D eigenvalue weighted by Crippen LogP contribution is -2.13. The minimum atomic E-state index is -0.317. The molecule has 2 aromatic heterocycles. The molecule has 4 nitrogen and oxygen atoms in total. The third-order valence-electron chi connectivity index (χ3n) is 3.73. The molecule has 0 bridgehead atoms. The normalized spacial score (nSPS) is 12.4. The van der Waals surface area contributed by atoms with Gasteiger partial charge in [-0.25, -0.2) is 4.98 Å². The average molecular weight is 374 g/mol. The van der Waals surface area contributed by atoms with Gasteiger partial charge in [0.15, 0.2) is 9.81 Å². The summed E-state index contributed by atoms with van der Waals surface area (Å²) in [5.41, 5.74) is 2.93. The van der Waals surface area contributed by atoms with Crippen LogP contribution in [0.15, 0.2) is 41.4 Å². The number of amides is 1. The summed E-state index contributed by atoms with van der Waals surface area (Å²) in [5.74, 6) is -0.317. The largest absolute Gasteiger partial charge is 0.319 e. The first-order valence-corrected chi connectivity index (χ1v) is 9.24. The molecule has 7 heteroatoms. The van der Waals surface area contributed by atoms with E-state index in [2.05, 4.69) is 9.98 Å². The summed E-state index contributed by atoms with van der Waals surface area (Å²) in [4.78, 5) is 21.8. The first-order valence-electron chi connectivity index (χ1n) is 7.23. The fourth-order valence-corrected chi connectivity index (χ4v) is 4.99. The van der Waals surface area contributed by atoms with E-state index in [4.69, 9.17) is 11.6 Å². The minimum absolute atomic E-state index is 0.317. The van der Waals surface area contributed by atoms with Gasteiger partial charge in [0.05, 0.1) is 20.4 Å². The van der Waals surface area contributed by atoms with Crippen LogP contribution in [0.1, 0.15) is 15.4 Å². The van der Waals surface area contributed by atoms with Crippen molar-refractivity contribution < 1.29 is 4.79 Å². The van der Waals surface area contributed by atoms with Crippen molar-refractivity contribution in [3.8, 4) is 0 Å². The van der Waals surface area contributed by atoms with Gasteiger partial charge < -0.3 is 4.57 Å². The van der Waals surface area contributed by atoms with Crippen LogP contribution in [0.5, 0.6) is 0 Å². The predicted molar refractivity (Wildman–Crippen MR) is 100 cm³/mol. The highest BCUT2D eigenvalue weighted by Gasteiger charge is 2.13. The maximum atomic E-state index is 12.5. The molecule has 0 aliphatic carbocycles. The lowest BCUT2D eigenvalue weighted by molar-refractivity contribution is 0.0998. The van der Waals surface area contributed by atoms with E-state index in [0.29, 0.717) is 14.8 Å². The van der Waals surface area contributed by atoms with Crippen LogP contribution >= 0.6 is 34.3 Å². The molecule has 0 radical (unpaired) electrons. The molecule has 0 unspecified atom stereocenters. The maximum absolute atomic E-state index is 12.5. The second-order valence-corrected chi connectivity index (χ2v) is 7.89. The lowest BCUT2D eigenvalue weighted by Gasteiger charge is -2.00. The molecule has 0 atom stereocenters. The summed E-state index contributed by atoms with van der Waals surface area (Å²) in [5, 5.41) is 1.09. The Labute approximate surface area is 150 Å². The van der Waals surface area contributed by atoms with Crippen LogP contribution in [-0.4, -0.2) is 15.5 Å². The summed E-state index contributed by atoms with van der Waals surface area (Å²) in [7, 11) is 1.91. The van der Waals surface area contributed by atoms with E-state index < -0.39 is 0 Å². The number of carbonyl (C=O) groups excluding carboxylic acids is 1. The van der Waals surface area contributed by atoms with Crippen molar-refractivity contribution in [3.63, 3.8) is 0 Å². The van der Waals surface area contributed by atoms with Crippen molar-refractivity contribution in [2.45, 2.75) is 6.92 Å². The maximum Gasteiger partial charge on any atom is 0.308 e. The summed E-state index contributed by atoms with van der Waals surface area (Å²) in [6, 6.07) is 11.5. The zero-order chi connectivity index (χ0) is 16.8. The van der Waals surface area contributed by atoms with Gasteiger partial charge in [0.1, 0.15) is 0 Å². The number of benzene rings is 2. The Kier molecular flexibility index (Phi) is 3.75. The summed E-state index contributed by atoms with van der Waals surface area (Å²) in [6.45, 7) is 2.00. The number of thiazole rings is 2.